The first-order chi connectivity index (χ1) is 16.1. The van der Waals surface area contributed by atoms with Gasteiger partial charge in [-0.1, -0.05) is 36.4 Å². The molecular formula is C25H19F2N5O. The van der Waals surface area contributed by atoms with E-state index in [4.69, 9.17) is 0 Å². The standard InChI is InChI=1S/C25H19F2N5O/c26-20-8-4-7-19(23(20)27)24-30-21-13-28-32(15-22(21)31-24)14-16-9-11-17(12-10-16)25(33)29-18-5-2-1-3-6-18/h1-13H,14-15H2,(H,29,33)(H,30,31). The number of amides is 1. The maximum absolute atomic E-state index is 14.1. The summed E-state index contributed by atoms with van der Waals surface area (Å²) in [5.74, 6) is -1.77. The number of aromatic amines is 1. The van der Waals surface area contributed by atoms with Gasteiger partial charge in [0.1, 0.15) is 11.5 Å². The summed E-state index contributed by atoms with van der Waals surface area (Å²) in [5, 5.41) is 9.09. The molecule has 4 aromatic rings. The fraction of sp³-hybridized carbons (Fsp3) is 0.0800. The van der Waals surface area contributed by atoms with Gasteiger partial charge in [0.15, 0.2) is 11.6 Å². The SMILES string of the molecule is O=C(Nc1ccccc1)c1ccc(CN2Cc3[nH]c(-c4cccc(F)c4F)nc3C=N2)cc1. The molecule has 2 heterocycles. The van der Waals surface area contributed by atoms with Crippen molar-refractivity contribution in [3.05, 3.63) is 107 Å². The molecule has 1 amide bonds. The molecule has 0 spiro atoms. The summed E-state index contributed by atoms with van der Waals surface area (Å²) in [4.78, 5) is 19.8. The first kappa shape index (κ1) is 20.6. The second-order valence-corrected chi connectivity index (χ2v) is 7.63. The highest BCUT2D eigenvalue weighted by Gasteiger charge is 2.20. The van der Waals surface area contributed by atoms with E-state index < -0.39 is 11.6 Å². The number of hydrogen-bond donors (Lipinski definition) is 2. The van der Waals surface area contributed by atoms with Crippen molar-refractivity contribution in [2.75, 3.05) is 5.32 Å². The fourth-order valence-electron chi connectivity index (χ4n) is 3.62. The van der Waals surface area contributed by atoms with Crippen molar-refractivity contribution in [3.63, 3.8) is 0 Å². The van der Waals surface area contributed by atoms with E-state index in [0.717, 1.165) is 23.0 Å². The van der Waals surface area contributed by atoms with E-state index in [9.17, 15) is 13.6 Å². The monoisotopic (exact) mass is 443 g/mol. The summed E-state index contributed by atoms with van der Waals surface area (Å²) in [7, 11) is 0. The average molecular weight is 443 g/mol. The van der Waals surface area contributed by atoms with Crippen molar-refractivity contribution in [2.45, 2.75) is 13.1 Å². The maximum atomic E-state index is 14.1. The van der Waals surface area contributed by atoms with Gasteiger partial charge in [0.2, 0.25) is 0 Å². The molecule has 6 nitrogen and oxygen atoms in total. The molecule has 164 valence electrons. The van der Waals surface area contributed by atoms with Crippen LogP contribution in [-0.2, 0) is 13.1 Å². The van der Waals surface area contributed by atoms with E-state index in [1.54, 1.807) is 18.3 Å². The number of imidazole rings is 1. The molecule has 1 aliphatic rings. The molecule has 5 rings (SSSR count). The molecule has 0 saturated heterocycles. The number of carbonyl (C=O) groups is 1. The molecule has 8 heteroatoms. The van der Waals surface area contributed by atoms with E-state index in [-0.39, 0.29) is 17.3 Å². The van der Waals surface area contributed by atoms with Crippen LogP contribution in [0, 0.1) is 11.6 Å². The highest BCUT2D eigenvalue weighted by atomic mass is 19.2. The number of H-pyrrole nitrogens is 1. The number of fused-ring (bicyclic) bond motifs is 1. The molecule has 0 fully saturated rings. The lowest BCUT2D eigenvalue weighted by Gasteiger charge is -2.21. The molecule has 2 N–H and O–H groups in total. The third-order valence-corrected chi connectivity index (χ3v) is 5.31. The lowest BCUT2D eigenvalue weighted by molar-refractivity contribution is 0.102. The van der Waals surface area contributed by atoms with Crippen molar-refractivity contribution in [1.82, 2.24) is 15.0 Å². The van der Waals surface area contributed by atoms with E-state index >= 15 is 0 Å². The largest absolute Gasteiger partial charge is 0.340 e. The molecule has 33 heavy (non-hydrogen) atoms. The van der Waals surface area contributed by atoms with Crippen molar-refractivity contribution >= 4 is 17.8 Å². The van der Waals surface area contributed by atoms with Gasteiger partial charge in [-0.25, -0.2) is 13.8 Å². The fourth-order valence-corrected chi connectivity index (χ4v) is 3.62. The summed E-state index contributed by atoms with van der Waals surface area (Å²) < 4.78 is 27.7. The molecule has 0 aliphatic carbocycles. The normalized spacial score (nSPS) is 12.5. The van der Waals surface area contributed by atoms with Crippen LogP contribution in [0.1, 0.15) is 27.3 Å². The minimum Gasteiger partial charge on any atom is -0.340 e. The first-order valence-corrected chi connectivity index (χ1v) is 10.3. The Kier molecular flexibility index (Phi) is 5.40. The van der Waals surface area contributed by atoms with Gasteiger partial charge < -0.3 is 10.3 Å². The van der Waals surface area contributed by atoms with E-state index in [0.29, 0.717) is 24.3 Å². The molecule has 1 aliphatic heterocycles. The van der Waals surface area contributed by atoms with Gasteiger partial charge in [0.25, 0.3) is 5.91 Å². The molecule has 0 unspecified atom stereocenters. The molecule has 0 atom stereocenters. The van der Waals surface area contributed by atoms with Crippen LogP contribution in [0.15, 0.2) is 77.9 Å². The predicted molar refractivity (Wildman–Crippen MR) is 122 cm³/mol. The van der Waals surface area contributed by atoms with Crippen LogP contribution in [0.4, 0.5) is 14.5 Å². The Morgan fingerprint density at radius 2 is 1.79 bits per heavy atom. The van der Waals surface area contributed by atoms with Gasteiger partial charge in [-0.2, -0.15) is 5.10 Å². The van der Waals surface area contributed by atoms with Crippen molar-refractivity contribution in [2.24, 2.45) is 5.10 Å². The summed E-state index contributed by atoms with van der Waals surface area (Å²) in [6.45, 7) is 0.950. The summed E-state index contributed by atoms with van der Waals surface area (Å²) in [6.07, 6.45) is 1.59. The van der Waals surface area contributed by atoms with Crippen LogP contribution < -0.4 is 5.32 Å². The van der Waals surface area contributed by atoms with E-state index in [1.165, 1.54) is 12.1 Å². The van der Waals surface area contributed by atoms with Crippen LogP contribution in [-0.4, -0.2) is 27.1 Å². The summed E-state index contributed by atoms with van der Waals surface area (Å²) in [5.41, 5.74) is 3.71. The van der Waals surface area contributed by atoms with E-state index in [1.807, 2.05) is 47.5 Å². The number of nitrogens with one attached hydrogen (secondary N) is 2. The minimum absolute atomic E-state index is 0.0775. The number of para-hydroxylation sites is 1. The number of aromatic nitrogens is 2. The highest BCUT2D eigenvalue weighted by molar-refractivity contribution is 6.04. The van der Waals surface area contributed by atoms with Gasteiger partial charge in [-0.05, 0) is 42.0 Å². The van der Waals surface area contributed by atoms with Crippen LogP contribution in [0.5, 0.6) is 0 Å². The Labute approximate surface area is 188 Å². The van der Waals surface area contributed by atoms with Crippen LogP contribution in [0.3, 0.4) is 0 Å². The van der Waals surface area contributed by atoms with Crippen molar-refractivity contribution in [3.8, 4) is 11.4 Å². The van der Waals surface area contributed by atoms with E-state index in [2.05, 4.69) is 20.4 Å². The highest BCUT2D eigenvalue weighted by Crippen LogP contribution is 2.25. The van der Waals surface area contributed by atoms with Crippen LogP contribution >= 0.6 is 0 Å². The number of hydrazone groups is 1. The van der Waals surface area contributed by atoms with Crippen LogP contribution in [0.25, 0.3) is 11.4 Å². The van der Waals surface area contributed by atoms with Gasteiger partial charge in [-0.15, -0.1) is 0 Å². The number of anilines is 1. The Bertz CT molecular complexity index is 1330. The Morgan fingerprint density at radius 3 is 2.58 bits per heavy atom. The lowest BCUT2D eigenvalue weighted by Crippen LogP contribution is -2.21. The second kappa shape index (κ2) is 8.66. The number of hydrogen-bond acceptors (Lipinski definition) is 4. The van der Waals surface area contributed by atoms with Crippen LogP contribution in [0.2, 0.25) is 0 Å². The third kappa shape index (κ3) is 4.36. The van der Waals surface area contributed by atoms with Crippen molar-refractivity contribution < 1.29 is 13.6 Å². The number of benzene rings is 3. The molecule has 0 radical (unpaired) electrons. The molecule has 0 bridgehead atoms. The molecular weight excluding hydrogens is 424 g/mol. The first-order valence-electron chi connectivity index (χ1n) is 10.3. The van der Waals surface area contributed by atoms with Gasteiger partial charge in [0, 0.05) is 11.3 Å². The summed E-state index contributed by atoms with van der Waals surface area (Å²) in [6, 6.07) is 20.6. The maximum Gasteiger partial charge on any atom is 0.255 e. The predicted octanol–water partition coefficient (Wildman–Crippen LogP) is 4.96. The molecule has 0 saturated carbocycles. The Balaban J connectivity index is 1.25. The minimum atomic E-state index is -0.936. The number of nitrogens with zero attached hydrogens (tertiary/aromatic N) is 3. The molecule has 1 aromatic heterocycles. The smallest absolute Gasteiger partial charge is 0.255 e. The summed E-state index contributed by atoms with van der Waals surface area (Å²) >= 11 is 0. The zero-order valence-electron chi connectivity index (χ0n) is 17.4. The third-order valence-electron chi connectivity index (χ3n) is 5.31. The number of rotatable bonds is 5. The number of halogens is 2. The van der Waals surface area contributed by atoms with Crippen molar-refractivity contribution in [1.29, 1.82) is 0 Å². The average Bonchev–Trinajstić information content (AvgIpc) is 3.25. The topological polar surface area (TPSA) is 73.4 Å². The number of carbonyl (C=O) groups excluding carboxylic acids is 1. The van der Waals surface area contributed by atoms with Gasteiger partial charge >= 0.3 is 0 Å². The Morgan fingerprint density at radius 1 is 1.00 bits per heavy atom. The van der Waals surface area contributed by atoms with Gasteiger partial charge in [0.05, 0.1) is 30.6 Å². The second-order valence-electron chi connectivity index (χ2n) is 7.63. The lowest BCUT2D eigenvalue weighted by atomic mass is 10.1. The quantitative estimate of drug-likeness (QED) is 0.458. The Hall–Kier alpha value is -4.33. The molecule has 3 aromatic carbocycles. The zero-order chi connectivity index (χ0) is 22.8. The van der Waals surface area contributed by atoms with Gasteiger partial charge in [-0.3, -0.25) is 9.80 Å². The zero-order valence-corrected chi connectivity index (χ0v) is 17.4.